The Kier molecular flexibility index (Phi) is 4.63. The second-order valence-electron chi connectivity index (χ2n) is 7.43. The highest BCUT2D eigenvalue weighted by Gasteiger charge is 2.43. The first kappa shape index (κ1) is 18.9. The molecule has 1 amide bonds. The molecule has 2 aromatic carbocycles. The fourth-order valence-corrected chi connectivity index (χ4v) is 5.22. The van der Waals surface area contributed by atoms with Crippen molar-refractivity contribution in [1.82, 2.24) is 0 Å². The molecule has 2 aromatic rings. The average Bonchev–Trinajstić information content (AvgIpc) is 3.26. The zero-order valence-electron chi connectivity index (χ0n) is 15.5. The number of carboxylic acid groups (broad SMARTS) is 1. The molecule has 0 bridgehead atoms. The van der Waals surface area contributed by atoms with E-state index in [1.165, 1.54) is 0 Å². The van der Waals surface area contributed by atoms with Gasteiger partial charge in [-0.15, -0.1) is 0 Å². The van der Waals surface area contributed by atoms with Crippen molar-refractivity contribution in [1.29, 1.82) is 0 Å². The molecular formula is C20H21N2O5S-. The van der Waals surface area contributed by atoms with E-state index >= 15 is 0 Å². The van der Waals surface area contributed by atoms with Gasteiger partial charge in [-0.05, 0) is 38.0 Å². The molecule has 1 aliphatic heterocycles. The van der Waals surface area contributed by atoms with Gasteiger partial charge in [-0.2, -0.15) is 0 Å². The van der Waals surface area contributed by atoms with Crippen LogP contribution in [0.4, 0.5) is 11.4 Å². The number of aliphatic carboxylic acids is 1. The number of amides is 1. The first-order valence-corrected chi connectivity index (χ1v) is 10.4. The minimum Gasteiger partial charge on any atom is -0.755 e. The van der Waals surface area contributed by atoms with Crippen LogP contribution < -0.4 is 9.21 Å². The van der Waals surface area contributed by atoms with E-state index in [0.717, 1.165) is 28.2 Å². The number of benzene rings is 2. The van der Waals surface area contributed by atoms with Crippen LogP contribution in [0.1, 0.15) is 43.0 Å². The Morgan fingerprint density at radius 2 is 2.00 bits per heavy atom. The summed E-state index contributed by atoms with van der Waals surface area (Å²) in [6.45, 7) is 2.29. The van der Waals surface area contributed by atoms with E-state index in [-0.39, 0.29) is 12.5 Å². The molecule has 0 saturated heterocycles. The molecule has 4 rings (SSSR count). The number of carbonyl (C=O) groups is 2. The molecule has 1 N–H and O–H groups in total. The molecule has 7 nitrogen and oxygen atoms in total. The van der Waals surface area contributed by atoms with Gasteiger partial charge in [0.05, 0.1) is 16.8 Å². The van der Waals surface area contributed by atoms with Gasteiger partial charge in [-0.3, -0.25) is 13.8 Å². The quantitative estimate of drug-likeness (QED) is 0.750. The molecule has 1 heterocycles. The topological polar surface area (TPSA) is 101 Å². The number of anilines is 2. The average molecular weight is 401 g/mol. The zero-order chi connectivity index (χ0) is 20.1. The fourth-order valence-electron chi connectivity index (χ4n) is 4.55. The molecular weight excluding hydrogens is 380 g/mol. The molecule has 28 heavy (non-hydrogen) atoms. The lowest BCUT2D eigenvalue weighted by atomic mass is 9.86. The van der Waals surface area contributed by atoms with E-state index in [1.54, 1.807) is 35.2 Å². The summed E-state index contributed by atoms with van der Waals surface area (Å²) in [4.78, 5) is 26.3. The third kappa shape index (κ3) is 2.70. The van der Waals surface area contributed by atoms with Crippen LogP contribution in [0.25, 0.3) is 10.8 Å². The third-order valence-corrected chi connectivity index (χ3v) is 6.67. The second-order valence-corrected chi connectivity index (χ2v) is 8.30. The first-order chi connectivity index (χ1) is 13.4. The van der Waals surface area contributed by atoms with Crippen molar-refractivity contribution in [2.45, 2.75) is 32.6 Å². The van der Waals surface area contributed by atoms with Crippen molar-refractivity contribution >= 4 is 45.3 Å². The van der Waals surface area contributed by atoms with Gasteiger partial charge < -0.3 is 18.9 Å². The number of hydrogen-bond donors (Lipinski definition) is 1. The Bertz CT molecular complexity index is 999. The smallest absolute Gasteiger partial charge is 0.311 e. The van der Waals surface area contributed by atoms with Gasteiger partial charge in [0, 0.05) is 40.7 Å². The van der Waals surface area contributed by atoms with Crippen LogP contribution in [0, 0.1) is 5.41 Å². The molecule has 1 aliphatic carbocycles. The van der Waals surface area contributed by atoms with E-state index in [2.05, 4.69) is 0 Å². The van der Waals surface area contributed by atoms with Crippen molar-refractivity contribution in [3.8, 4) is 0 Å². The maximum atomic E-state index is 12.7. The van der Waals surface area contributed by atoms with Gasteiger partial charge >= 0.3 is 5.97 Å². The summed E-state index contributed by atoms with van der Waals surface area (Å²) in [5.74, 6) is -1.06. The van der Waals surface area contributed by atoms with E-state index in [9.17, 15) is 23.5 Å². The second kappa shape index (κ2) is 6.86. The Hall–Kier alpha value is -2.45. The summed E-state index contributed by atoms with van der Waals surface area (Å²) < 4.78 is 25.4. The largest absolute Gasteiger partial charge is 0.755 e. The maximum Gasteiger partial charge on any atom is 0.311 e. The van der Waals surface area contributed by atoms with Crippen LogP contribution in [-0.2, 0) is 16.1 Å². The van der Waals surface area contributed by atoms with E-state index in [4.69, 9.17) is 0 Å². The first-order valence-electron chi connectivity index (χ1n) is 9.37. The lowest BCUT2D eigenvalue weighted by Crippen LogP contribution is -2.42. The number of rotatable bonds is 6. The third-order valence-electron chi connectivity index (χ3n) is 5.99. The minimum atomic E-state index is -2.64. The molecule has 8 heteroatoms. The summed E-state index contributed by atoms with van der Waals surface area (Å²) in [5.41, 5.74) is 0.634. The Morgan fingerprint density at radius 3 is 2.61 bits per heavy atom. The van der Waals surface area contributed by atoms with Crippen LogP contribution in [0.3, 0.4) is 0 Å². The van der Waals surface area contributed by atoms with Crippen molar-refractivity contribution in [3.63, 3.8) is 0 Å². The molecule has 148 valence electrons. The monoisotopic (exact) mass is 401 g/mol. The van der Waals surface area contributed by atoms with Gasteiger partial charge in [0.2, 0.25) is 0 Å². The highest BCUT2D eigenvalue weighted by Crippen LogP contribution is 2.44. The van der Waals surface area contributed by atoms with Crippen molar-refractivity contribution in [3.05, 3.63) is 35.9 Å². The lowest BCUT2D eigenvalue weighted by molar-refractivity contribution is -0.147. The highest BCUT2D eigenvalue weighted by molar-refractivity contribution is 7.80. The van der Waals surface area contributed by atoms with Crippen LogP contribution in [0.15, 0.2) is 30.3 Å². The molecule has 1 unspecified atom stereocenters. The summed E-state index contributed by atoms with van der Waals surface area (Å²) in [5, 5.41) is 11.1. The number of hydrogen-bond acceptors (Lipinski definition) is 4. The fraction of sp³-hybridized carbons (Fsp3) is 0.400. The minimum absolute atomic E-state index is 0.104. The summed E-state index contributed by atoms with van der Waals surface area (Å²) in [7, 11) is 0. The Labute approximate surface area is 165 Å². The van der Waals surface area contributed by atoms with Gasteiger partial charge in [0.1, 0.15) is 0 Å². The summed E-state index contributed by atoms with van der Waals surface area (Å²) in [6, 6.07) is 8.67. The molecule has 0 radical (unpaired) electrons. The SMILES string of the molecule is CCN1C(=O)c2cccc3c(N(CC4(C(=O)O)CCCC4)S(=O)[O-])ccc1c23. The summed E-state index contributed by atoms with van der Waals surface area (Å²) >= 11 is -2.64. The summed E-state index contributed by atoms with van der Waals surface area (Å²) in [6.07, 6.45) is 2.46. The molecule has 2 aliphatic rings. The predicted octanol–water partition coefficient (Wildman–Crippen LogP) is 3.07. The zero-order valence-corrected chi connectivity index (χ0v) is 16.3. The van der Waals surface area contributed by atoms with Gasteiger partial charge in [-0.1, -0.05) is 25.0 Å². The van der Waals surface area contributed by atoms with Crippen molar-refractivity contribution in [2.24, 2.45) is 5.41 Å². The highest BCUT2D eigenvalue weighted by atomic mass is 32.2. The number of carboxylic acids is 1. The van der Waals surface area contributed by atoms with E-state index in [1.807, 2.05) is 6.92 Å². The molecule has 0 spiro atoms. The molecule has 1 atom stereocenters. The number of carbonyl (C=O) groups excluding carboxylic acids is 1. The normalized spacial score (nSPS) is 18.6. The van der Waals surface area contributed by atoms with Crippen molar-refractivity contribution in [2.75, 3.05) is 22.3 Å². The van der Waals surface area contributed by atoms with Crippen LogP contribution in [0.5, 0.6) is 0 Å². The Balaban J connectivity index is 1.86. The standard InChI is InChI=1S/C20H22N2O5S/c1-2-21-16-9-8-15(13-6-5-7-14(17(13)16)18(21)23)22(28(26)27)12-20(19(24)25)10-3-4-11-20/h5-9H,2-4,10-12H2,1H3,(H,24,25)(H,26,27)/p-1. The van der Waals surface area contributed by atoms with Gasteiger partial charge in [0.15, 0.2) is 0 Å². The van der Waals surface area contributed by atoms with E-state index in [0.29, 0.717) is 36.0 Å². The van der Waals surface area contributed by atoms with Crippen LogP contribution in [-0.4, -0.2) is 38.8 Å². The number of nitrogens with zero attached hydrogens (tertiary/aromatic N) is 2. The maximum absolute atomic E-state index is 12.7. The van der Waals surface area contributed by atoms with Crippen LogP contribution >= 0.6 is 0 Å². The van der Waals surface area contributed by atoms with Gasteiger partial charge in [-0.25, -0.2) is 0 Å². The molecule has 0 aromatic heterocycles. The molecule has 1 saturated carbocycles. The molecule has 1 fully saturated rings. The lowest BCUT2D eigenvalue weighted by Gasteiger charge is -2.35. The van der Waals surface area contributed by atoms with E-state index < -0.39 is 22.7 Å². The van der Waals surface area contributed by atoms with Gasteiger partial charge in [0.25, 0.3) is 5.91 Å². The Morgan fingerprint density at radius 1 is 1.29 bits per heavy atom. The van der Waals surface area contributed by atoms with Crippen molar-refractivity contribution < 1.29 is 23.5 Å². The predicted molar refractivity (Wildman–Crippen MR) is 106 cm³/mol. The van der Waals surface area contributed by atoms with Crippen LogP contribution in [0.2, 0.25) is 0 Å².